The predicted octanol–water partition coefficient (Wildman–Crippen LogP) is 3.96. The van der Waals surface area contributed by atoms with E-state index in [-0.39, 0.29) is 18.6 Å². The molecule has 2 heterocycles. The highest BCUT2D eigenvalue weighted by molar-refractivity contribution is 5.83. The van der Waals surface area contributed by atoms with Crippen LogP contribution in [0.4, 0.5) is 0 Å². The minimum absolute atomic E-state index is 0.0803. The summed E-state index contributed by atoms with van der Waals surface area (Å²) in [6, 6.07) is 9.90. The Labute approximate surface area is 165 Å². The topological polar surface area (TPSA) is 69.0 Å². The lowest BCUT2D eigenvalue weighted by atomic mass is 10.0. The van der Waals surface area contributed by atoms with Crippen LogP contribution in [0.3, 0.4) is 0 Å². The Balaban J connectivity index is 1.68. The van der Waals surface area contributed by atoms with Crippen LogP contribution in [0, 0.1) is 13.8 Å². The Morgan fingerprint density at radius 1 is 1.18 bits per heavy atom. The highest BCUT2D eigenvalue weighted by atomic mass is 16.5. The number of hydrogen-bond acceptors (Lipinski definition) is 4. The Morgan fingerprint density at radius 3 is 2.50 bits per heavy atom. The average molecular weight is 380 g/mol. The lowest BCUT2D eigenvalue weighted by Crippen LogP contribution is -2.31. The Kier molecular flexibility index (Phi) is 5.68. The van der Waals surface area contributed by atoms with E-state index < -0.39 is 0 Å². The van der Waals surface area contributed by atoms with Crippen molar-refractivity contribution >= 4 is 16.9 Å². The molecule has 0 saturated heterocycles. The molecule has 1 amide bonds. The van der Waals surface area contributed by atoms with Crippen LogP contribution in [0.25, 0.3) is 11.0 Å². The first-order valence-corrected chi connectivity index (χ1v) is 9.59. The van der Waals surface area contributed by atoms with Gasteiger partial charge in [0, 0.05) is 18.5 Å². The fraction of sp³-hybridized carbons (Fsp3) is 0.409. The maximum atomic E-state index is 12.3. The van der Waals surface area contributed by atoms with Gasteiger partial charge in [-0.15, -0.1) is 0 Å². The highest BCUT2D eigenvalue weighted by Gasteiger charge is 2.17. The number of hydrogen-bond donors (Lipinski definition) is 1. The number of pyridine rings is 1. The highest BCUT2D eigenvalue weighted by Crippen LogP contribution is 2.28. The van der Waals surface area contributed by atoms with Gasteiger partial charge in [0.25, 0.3) is 5.91 Å². The van der Waals surface area contributed by atoms with Crippen LogP contribution in [0.5, 0.6) is 5.88 Å². The summed E-state index contributed by atoms with van der Waals surface area (Å²) in [5.41, 5.74) is 5.10. The standard InChI is InChI=1S/C22H28N4O2/c1-13(2)21-20-15(4)11-19(24-22(20)26(6)25-21)28-12-18(27)23-16(5)17-9-7-14(3)8-10-17/h7-11,13,16H,12H2,1-6H3,(H,23,27). The zero-order valence-electron chi connectivity index (χ0n) is 17.4. The summed E-state index contributed by atoms with van der Waals surface area (Å²) in [7, 11) is 1.88. The van der Waals surface area contributed by atoms with E-state index in [1.807, 2.05) is 58.2 Å². The van der Waals surface area contributed by atoms with Gasteiger partial charge in [-0.05, 0) is 37.8 Å². The van der Waals surface area contributed by atoms with Crippen molar-refractivity contribution in [1.29, 1.82) is 0 Å². The number of amides is 1. The van der Waals surface area contributed by atoms with Crippen molar-refractivity contribution in [2.24, 2.45) is 7.05 Å². The molecule has 0 aliphatic carbocycles. The molecular formula is C22H28N4O2. The van der Waals surface area contributed by atoms with E-state index in [2.05, 4.69) is 29.2 Å². The number of nitrogens with zero attached hydrogens (tertiary/aromatic N) is 3. The molecule has 1 unspecified atom stereocenters. The van der Waals surface area contributed by atoms with Crippen LogP contribution in [0.15, 0.2) is 30.3 Å². The van der Waals surface area contributed by atoms with E-state index >= 15 is 0 Å². The number of ether oxygens (including phenoxy) is 1. The van der Waals surface area contributed by atoms with Gasteiger partial charge < -0.3 is 10.1 Å². The molecule has 0 bridgehead atoms. The number of nitrogens with one attached hydrogen (secondary N) is 1. The minimum Gasteiger partial charge on any atom is -0.468 e. The van der Waals surface area contributed by atoms with Crippen molar-refractivity contribution in [1.82, 2.24) is 20.1 Å². The second-order valence-corrected chi connectivity index (χ2v) is 7.63. The van der Waals surface area contributed by atoms with E-state index in [1.165, 1.54) is 5.56 Å². The van der Waals surface area contributed by atoms with E-state index in [9.17, 15) is 4.79 Å². The number of carbonyl (C=O) groups is 1. The van der Waals surface area contributed by atoms with Crippen LogP contribution >= 0.6 is 0 Å². The van der Waals surface area contributed by atoms with Gasteiger partial charge in [0.2, 0.25) is 5.88 Å². The lowest BCUT2D eigenvalue weighted by Gasteiger charge is -2.15. The molecule has 0 spiro atoms. The first-order chi connectivity index (χ1) is 13.3. The van der Waals surface area contributed by atoms with E-state index in [1.54, 1.807) is 4.68 Å². The molecule has 1 N–H and O–H groups in total. The second kappa shape index (κ2) is 8.00. The molecular weight excluding hydrogens is 352 g/mol. The Bertz CT molecular complexity index is 990. The maximum absolute atomic E-state index is 12.3. The van der Waals surface area contributed by atoms with Crippen molar-refractivity contribution in [3.63, 3.8) is 0 Å². The van der Waals surface area contributed by atoms with Gasteiger partial charge in [0.15, 0.2) is 12.3 Å². The average Bonchev–Trinajstić information content (AvgIpc) is 2.98. The van der Waals surface area contributed by atoms with Crippen LogP contribution in [0.2, 0.25) is 0 Å². The van der Waals surface area contributed by atoms with Crippen LogP contribution in [-0.4, -0.2) is 27.3 Å². The lowest BCUT2D eigenvalue weighted by molar-refractivity contribution is -0.123. The van der Waals surface area contributed by atoms with Crippen molar-refractivity contribution in [3.05, 3.63) is 52.7 Å². The number of carbonyl (C=O) groups excluding carboxylic acids is 1. The fourth-order valence-corrected chi connectivity index (χ4v) is 3.28. The van der Waals surface area contributed by atoms with Crippen molar-refractivity contribution in [3.8, 4) is 5.88 Å². The quantitative estimate of drug-likeness (QED) is 0.703. The second-order valence-electron chi connectivity index (χ2n) is 7.63. The molecule has 0 radical (unpaired) electrons. The summed E-state index contributed by atoms with van der Waals surface area (Å²) in [5, 5.41) is 8.60. The SMILES string of the molecule is Cc1ccc(C(C)NC(=O)COc2cc(C)c3c(C(C)C)nn(C)c3n2)cc1. The van der Waals surface area contributed by atoms with Gasteiger partial charge in [-0.2, -0.15) is 10.1 Å². The largest absolute Gasteiger partial charge is 0.468 e. The molecule has 28 heavy (non-hydrogen) atoms. The number of aryl methyl sites for hydroxylation is 3. The summed E-state index contributed by atoms with van der Waals surface area (Å²) in [5.74, 6) is 0.562. The van der Waals surface area contributed by atoms with Gasteiger partial charge in [-0.1, -0.05) is 43.7 Å². The predicted molar refractivity (Wildman–Crippen MR) is 111 cm³/mol. The maximum Gasteiger partial charge on any atom is 0.258 e. The Morgan fingerprint density at radius 2 is 1.86 bits per heavy atom. The fourth-order valence-electron chi connectivity index (χ4n) is 3.28. The van der Waals surface area contributed by atoms with Crippen molar-refractivity contribution < 1.29 is 9.53 Å². The molecule has 0 saturated carbocycles. The molecule has 0 aliphatic heterocycles. The van der Waals surface area contributed by atoms with Crippen molar-refractivity contribution in [2.45, 2.75) is 46.6 Å². The summed E-state index contributed by atoms with van der Waals surface area (Å²) < 4.78 is 7.44. The smallest absolute Gasteiger partial charge is 0.258 e. The molecule has 0 fully saturated rings. The van der Waals surface area contributed by atoms with E-state index in [4.69, 9.17) is 4.74 Å². The Hall–Kier alpha value is -2.89. The third-order valence-electron chi connectivity index (χ3n) is 4.85. The van der Waals surface area contributed by atoms with Crippen LogP contribution in [0.1, 0.15) is 55.1 Å². The minimum atomic E-state index is -0.180. The molecule has 3 rings (SSSR count). The third kappa shape index (κ3) is 4.16. The number of aromatic nitrogens is 3. The number of benzene rings is 1. The number of fused-ring (bicyclic) bond motifs is 1. The summed E-state index contributed by atoms with van der Waals surface area (Å²) in [6.07, 6.45) is 0. The molecule has 6 heteroatoms. The third-order valence-corrected chi connectivity index (χ3v) is 4.85. The number of rotatable bonds is 6. The van der Waals surface area contributed by atoms with Gasteiger partial charge in [0.1, 0.15) is 0 Å². The molecule has 148 valence electrons. The summed E-state index contributed by atoms with van der Waals surface area (Å²) >= 11 is 0. The monoisotopic (exact) mass is 380 g/mol. The van der Waals surface area contributed by atoms with Crippen LogP contribution < -0.4 is 10.1 Å². The van der Waals surface area contributed by atoms with Gasteiger partial charge in [-0.3, -0.25) is 9.48 Å². The van der Waals surface area contributed by atoms with Gasteiger partial charge in [0.05, 0.1) is 11.7 Å². The normalized spacial score (nSPS) is 12.4. The first-order valence-electron chi connectivity index (χ1n) is 9.59. The van der Waals surface area contributed by atoms with Gasteiger partial charge in [-0.25, -0.2) is 0 Å². The zero-order valence-corrected chi connectivity index (χ0v) is 17.4. The molecule has 6 nitrogen and oxygen atoms in total. The molecule has 3 aromatic rings. The van der Waals surface area contributed by atoms with Crippen molar-refractivity contribution in [2.75, 3.05) is 6.61 Å². The molecule has 1 atom stereocenters. The molecule has 0 aliphatic rings. The zero-order chi connectivity index (χ0) is 20.4. The first kappa shape index (κ1) is 19.9. The summed E-state index contributed by atoms with van der Waals surface area (Å²) in [4.78, 5) is 16.9. The summed E-state index contributed by atoms with van der Waals surface area (Å²) in [6.45, 7) is 10.2. The molecule has 2 aromatic heterocycles. The van der Waals surface area contributed by atoms with Gasteiger partial charge >= 0.3 is 0 Å². The van der Waals surface area contributed by atoms with E-state index in [0.29, 0.717) is 11.8 Å². The van der Waals surface area contributed by atoms with E-state index in [0.717, 1.165) is 27.9 Å². The van der Waals surface area contributed by atoms with Crippen LogP contribution in [-0.2, 0) is 11.8 Å². The molecule has 1 aromatic carbocycles.